The van der Waals surface area contributed by atoms with Crippen molar-refractivity contribution in [2.75, 3.05) is 0 Å². The van der Waals surface area contributed by atoms with Crippen molar-refractivity contribution in [3.63, 3.8) is 0 Å². The minimum absolute atomic E-state index is 0.0149. The Morgan fingerprint density at radius 2 is 1.00 bits per heavy atom. The van der Waals surface area contributed by atoms with Crippen LogP contribution in [0.1, 0.15) is 0 Å². The first-order chi connectivity index (χ1) is 15.7. The Balaban J connectivity index is 2.71. The maximum absolute atomic E-state index is 15.3. The molecule has 0 aliphatic rings. The van der Waals surface area contributed by atoms with E-state index in [0.717, 1.165) is 36.4 Å². The van der Waals surface area contributed by atoms with Gasteiger partial charge in [-0.2, -0.15) is 0 Å². The summed E-state index contributed by atoms with van der Waals surface area (Å²) >= 11 is 0. The van der Waals surface area contributed by atoms with Gasteiger partial charge in [0.15, 0.2) is 11.6 Å². The molecule has 0 aromatic heterocycles. The average molecular weight is 452 g/mol. The van der Waals surface area contributed by atoms with E-state index in [1.807, 2.05) is 0 Å². The van der Waals surface area contributed by atoms with Crippen LogP contribution < -0.4 is 18.9 Å². The number of halogens is 1. The fourth-order valence-corrected chi connectivity index (χ4v) is 2.38. The average Bonchev–Trinajstić information content (AvgIpc) is 2.80. The molecule has 0 radical (unpaired) electrons. The predicted octanol–water partition coefficient (Wildman–Crippen LogP) is 3.86. The molecule has 2 aromatic carbocycles. The van der Waals surface area contributed by atoms with Gasteiger partial charge in [-0.25, -0.2) is 23.6 Å². The van der Waals surface area contributed by atoms with Crippen LogP contribution in [0, 0.1) is 5.82 Å². The van der Waals surface area contributed by atoms with Crippen LogP contribution in [0.4, 0.5) is 4.39 Å². The molecule has 0 atom stereocenters. The molecule has 2 rings (SSSR count). The number of carbonyl (C=O) groups excluding carboxylic acids is 4. The maximum atomic E-state index is 15.3. The van der Waals surface area contributed by atoms with Gasteiger partial charge in [0.1, 0.15) is 17.2 Å². The molecule has 0 bridgehead atoms. The zero-order chi connectivity index (χ0) is 24.5. The Labute approximate surface area is 187 Å². The third-order valence-electron chi connectivity index (χ3n) is 3.74. The van der Waals surface area contributed by atoms with E-state index in [-0.39, 0.29) is 28.4 Å². The maximum Gasteiger partial charge on any atom is 0.335 e. The Morgan fingerprint density at radius 3 is 1.42 bits per heavy atom. The molecule has 0 saturated heterocycles. The molecule has 9 heteroatoms. The van der Waals surface area contributed by atoms with E-state index in [1.54, 1.807) is 0 Å². The van der Waals surface area contributed by atoms with Gasteiger partial charge in [0.25, 0.3) is 0 Å². The first kappa shape index (κ1) is 24.5. The van der Waals surface area contributed by atoms with Gasteiger partial charge in [-0.05, 0) is 23.8 Å². The Morgan fingerprint density at radius 1 is 0.606 bits per heavy atom. The van der Waals surface area contributed by atoms with E-state index >= 15 is 4.39 Å². The normalized spacial score (nSPS) is 9.73. The van der Waals surface area contributed by atoms with Gasteiger partial charge in [0, 0.05) is 42.0 Å². The van der Waals surface area contributed by atoms with Gasteiger partial charge in [0.2, 0.25) is 0 Å². The number of hydrogen-bond acceptors (Lipinski definition) is 8. The lowest BCUT2D eigenvalue weighted by atomic mass is 10.0. The summed E-state index contributed by atoms with van der Waals surface area (Å²) in [6.07, 6.45) is 3.47. The second-order valence-corrected chi connectivity index (χ2v) is 5.98. The van der Waals surface area contributed by atoms with E-state index in [0.29, 0.717) is 0 Å². The highest BCUT2D eigenvalue weighted by Gasteiger charge is 2.20. The van der Waals surface area contributed by atoms with Crippen LogP contribution in [0.15, 0.2) is 81.0 Å². The van der Waals surface area contributed by atoms with E-state index in [1.165, 1.54) is 18.2 Å². The molecule has 168 valence electrons. The zero-order valence-corrected chi connectivity index (χ0v) is 17.2. The Kier molecular flexibility index (Phi) is 8.16. The summed E-state index contributed by atoms with van der Waals surface area (Å²) in [5.74, 6) is -5.54. The van der Waals surface area contributed by atoms with Crippen molar-refractivity contribution in [3.8, 4) is 34.1 Å². The number of benzene rings is 2. The number of carbonyl (C=O) groups is 4. The largest absolute Gasteiger partial charge is 0.423 e. The highest BCUT2D eigenvalue weighted by molar-refractivity contribution is 5.87. The Hall–Kier alpha value is -4.79. The summed E-state index contributed by atoms with van der Waals surface area (Å²) in [7, 11) is 0. The van der Waals surface area contributed by atoms with Crippen molar-refractivity contribution in [2.24, 2.45) is 0 Å². The molecule has 2 aromatic rings. The second-order valence-electron chi connectivity index (χ2n) is 5.98. The molecule has 0 spiro atoms. The number of rotatable bonds is 9. The molecular weight excluding hydrogens is 435 g/mol. The molecule has 0 unspecified atom stereocenters. The fraction of sp³-hybridized carbons (Fsp3) is 0. The summed E-state index contributed by atoms with van der Waals surface area (Å²) in [6.45, 7) is 13.1. The zero-order valence-electron chi connectivity index (χ0n) is 17.2. The topological polar surface area (TPSA) is 105 Å². The van der Waals surface area contributed by atoms with Crippen molar-refractivity contribution in [2.45, 2.75) is 0 Å². The predicted molar refractivity (Wildman–Crippen MR) is 115 cm³/mol. The fourth-order valence-electron chi connectivity index (χ4n) is 2.38. The van der Waals surface area contributed by atoms with Gasteiger partial charge in [-0.1, -0.05) is 26.3 Å². The number of esters is 4. The minimum atomic E-state index is -1.03. The summed E-state index contributed by atoms with van der Waals surface area (Å²) in [5.41, 5.74) is -0.232. The molecule has 0 N–H and O–H groups in total. The van der Waals surface area contributed by atoms with Crippen LogP contribution in [0.5, 0.6) is 23.0 Å². The number of ether oxygens (including phenoxy) is 4. The Bertz CT molecular complexity index is 1140. The van der Waals surface area contributed by atoms with Gasteiger partial charge >= 0.3 is 23.9 Å². The standard InChI is InChI=1S/C24H17FO8/c1-5-20(26)30-15-9-14(10-16(11-15)31-21(27)6-2)18-12-17(32-22(28)7-3)13-19(24(18)25)33-23(29)8-4/h5-13H,1-4H2. The van der Waals surface area contributed by atoms with E-state index in [4.69, 9.17) is 18.9 Å². The van der Waals surface area contributed by atoms with Crippen molar-refractivity contribution in [3.05, 3.63) is 86.8 Å². The van der Waals surface area contributed by atoms with Gasteiger partial charge in [0.05, 0.1) is 0 Å². The van der Waals surface area contributed by atoms with E-state index in [2.05, 4.69) is 26.3 Å². The van der Waals surface area contributed by atoms with Crippen molar-refractivity contribution in [1.82, 2.24) is 0 Å². The lowest BCUT2D eigenvalue weighted by Crippen LogP contribution is -2.08. The number of hydrogen-bond donors (Lipinski definition) is 0. The molecule has 0 aliphatic carbocycles. The van der Waals surface area contributed by atoms with Crippen LogP contribution in [0.3, 0.4) is 0 Å². The monoisotopic (exact) mass is 452 g/mol. The molecule has 0 amide bonds. The lowest BCUT2D eigenvalue weighted by Gasteiger charge is -2.14. The molecule has 0 fully saturated rings. The summed E-state index contributed by atoms with van der Waals surface area (Å²) < 4.78 is 35.3. The van der Waals surface area contributed by atoms with Crippen molar-refractivity contribution < 1.29 is 42.5 Å². The van der Waals surface area contributed by atoms with Crippen LogP contribution >= 0.6 is 0 Å². The molecule has 0 saturated carbocycles. The van der Waals surface area contributed by atoms with Crippen LogP contribution in [-0.4, -0.2) is 23.9 Å². The lowest BCUT2D eigenvalue weighted by molar-refractivity contribution is -0.130. The van der Waals surface area contributed by atoms with E-state index in [9.17, 15) is 19.2 Å². The van der Waals surface area contributed by atoms with Gasteiger partial charge in [-0.15, -0.1) is 0 Å². The summed E-state index contributed by atoms with van der Waals surface area (Å²) in [5, 5.41) is 0. The molecule has 33 heavy (non-hydrogen) atoms. The SMILES string of the molecule is C=CC(=O)Oc1cc(OC(=O)C=C)cc(-c2cc(OC(=O)C=C)cc(OC(=O)C=C)c2F)c1. The van der Waals surface area contributed by atoms with Gasteiger partial charge in [-0.3, -0.25) is 0 Å². The smallest absolute Gasteiger partial charge is 0.335 e. The van der Waals surface area contributed by atoms with Gasteiger partial charge < -0.3 is 18.9 Å². The second kappa shape index (κ2) is 11.0. The third-order valence-corrected chi connectivity index (χ3v) is 3.74. The highest BCUT2D eigenvalue weighted by Crippen LogP contribution is 2.38. The molecule has 0 heterocycles. The molecule has 0 aliphatic heterocycles. The van der Waals surface area contributed by atoms with E-state index < -0.39 is 35.4 Å². The highest BCUT2D eigenvalue weighted by atomic mass is 19.1. The first-order valence-electron chi connectivity index (χ1n) is 9.06. The minimum Gasteiger partial charge on any atom is -0.423 e. The summed E-state index contributed by atoms with van der Waals surface area (Å²) in [4.78, 5) is 46.5. The van der Waals surface area contributed by atoms with Crippen molar-refractivity contribution in [1.29, 1.82) is 0 Å². The summed E-state index contributed by atoms with van der Waals surface area (Å²) in [6, 6.07) is 5.77. The molecular formula is C24H17FO8. The first-order valence-corrected chi connectivity index (χ1v) is 9.06. The van der Waals surface area contributed by atoms with Crippen molar-refractivity contribution >= 4 is 23.9 Å². The van der Waals surface area contributed by atoms with Crippen LogP contribution in [0.2, 0.25) is 0 Å². The third kappa shape index (κ3) is 6.59. The molecule has 8 nitrogen and oxygen atoms in total. The van der Waals surface area contributed by atoms with Crippen LogP contribution in [-0.2, 0) is 19.2 Å². The quantitative estimate of drug-likeness (QED) is 0.321. The van der Waals surface area contributed by atoms with Crippen LogP contribution in [0.25, 0.3) is 11.1 Å².